The maximum Gasteiger partial charge on any atom is 0.300 e. The maximum atomic E-state index is 13.6. The van der Waals surface area contributed by atoms with E-state index in [0.717, 1.165) is 11.3 Å². The summed E-state index contributed by atoms with van der Waals surface area (Å²) in [6, 6.07) is 16.9. The Bertz CT molecular complexity index is 1440. The lowest BCUT2D eigenvalue weighted by atomic mass is 9.94. The molecule has 1 N–H and O–H groups in total. The van der Waals surface area contributed by atoms with Gasteiger partial charge in [0, 0.05) is 31.0 Å². The Morgan fingerprint density at radius 2 is 1.57 bits per heavy atom. The van der Waals surface area contributed by atoms with Gasteiger partial charge < -0.3 is 24.2 Å². The van der Waals surface area contributed by atoms with Gasteiger partial charge in [0.15, 0.2) is 11.5 Å². The largest absolute Gasteiger partial charge is 0.507 e. The molecule has 0 aromatic heterocycles. The fourth-order valence-electron chi connectivity index (χ4n) is 4.72. The van der Waals surface area contributed by atoms with E-state index >= 15 is 0 Å². The lowest BCUT2D eigenvalue weighted by Crippen LogP contribution is -2.29. The number of benzene rings is 3. The molecule has 1 aliphatic rings. The van der Waals surface area contributed by atoms with E-state index in [9.17, 15) is 14.7 Å². The Hall–Kier alpha value is -4.46. The van der Waals surface area contributed by atoms with Gasteiger partial charge in [-0.25, -0.2) is 0 Å². The second kappa shape index (κ2) is 11.7. The SMILES string of the molecule is COc1ccc(C2/C(=C(/O)c3ccc(OCC(C)C)c(C)c3)C(=O)C(=O)N2c2ccc(N(C)C)cc2)cc1OC. The summed E-state index contributed by atoms with van der Waals surface area (Å²) in [5.41, 5.74) is 3.27. The molecule has 0 bridgehead atoms. The number of hydrogen-bond acceptors (Lipinski definition) is 7. The third kappa shape index (κ3) is 5.47. The molecule has 0 aliphatic carbocycles. The van der Waals surface area contributed by atoms with Crippen LogP contribution in [0.1, 0.15) is 36.6 Å². The zero-order chi connectivity index (χ0) is 29.1. The lowest BCUT2D eigenvalue weighted by Gasteiger charge is -2.26. The Morgan fingerprint density at radius 1 is 0.925 bits per heavy atom. The van der Waals surface area contributed by atoms with Crippen LogP contribution in [0.5, 0.6) is 17.2 Å². The number of anilines is 2. The van der Waals surface area contributed by atoms with Crippen LogP contribution in [0.25, 0.3) is 5.76 Å². The molecular formula is C32H36N2O6. The van der Waals surface area contributed by atoms with Gasteiger partial charge in [0.25, 0.3) is 11.7 Å². The topological polar surface area (TPSA) is 88.5 Å². The van der Waals surface area contributed by atoms with Gasteiger partial charge in [0.05, 0.1) is 32.4 Å². The average Bonchev–Trinajstić information content (AvgIpc) is 3.21. The van der Waals surface area contributed by atoms with E-state index in [1.165, 1.54) is 19.1 Å². The number of aliphatic hydroxyl groups is 1. The summed E-state index contributed by atoms with van der Waals surface area (Å²) in [4.78, 5) is 30.5. The van der Waals surface area contributed by atoms with Gasteiger partial charge in [-0.2, -0.15) is 0 Å². The molecule has 0 saturated carbocycles. The predicted molar refractivity (Wildman–Crippen MR) is 157 cm³/mol. The number of carbonyl (C=O) groups excluding carboxylic acids is 2. The van der Waals surface area contributed by atoms with Crippen LogP contribution < -0.4 is 24.0 Å². The molecule has 8 nitrogen and oxygen atoms in total. The Morgan fingerprint density at radius 3 is 2.15 bits per heavy atom. The molecule has 210 valence electrons. The molecule has 8 heteroatoms. The van der Waals surface area contributed by atoms with Crippen molar-refractivity contribution < 1.29 is 28.9 Å². The van der Waals surface area contributed by atoms with Crippen molar-refractivity contribution in [3.8, 4) is 17.2 Å². The van der Waals surface area contributed by atoms with Gasteiger partial charge in [-0.1, -0.05) is 19.9 Å². The summed E-state index contributed by atoms with van der Waals surface area (Å²) in [5.74, 6) is 0.241. The summed E-state index contributed by atoms with van der Waals surface area (Å²) >= 11 is 0. The minimum absolute atomic E-state index is 0.0100. The third-order valence-corrected chi connectivity index (χ3v) is 6.83. The average molecular weight is 545 g/mol. The summed E-state index contributed by atoms with van der Waals surface area (Å²) in [5, 5.41) is 11.6. The number of aryl methyl sites for hydroxylation is 1. The first kappa shape index (κ1) is 28.5. The van der Waals surface area contributed by atoms with Crippen LogP contribution >= 0.6 is 0 Å². The van der Waals surface area contributed by atoms with Crippen LogP contribution in [0.3, 0.4) is 0 Å². The van der Waals surface area contributed by atoms with Crippen LogP contribution in [0.2, 0.25) is 0 Å². The monoisotopic (exact) mass is 544 g/mol. The molecule has 1 aliphatic heterocycles. The highest BCUT2D eigenvalue weighted by Crippen LogP contribution is 2.44. The molecule has 40 heavy (non-hydrogen) atoms. The number of ether oxygens (including phenoxy) is 3. The van der Waals surface area contributed by atoms with Gasteiger partial charge in [0.2, 0.25) is 0 Å². The van der Waals surface area contributed by atoms with Gasteiger partial charge in [-0.15, -0.1) is 0 Å². The van der Waals surface area contributed by atoms with E-state index in [1.54, 1.807) is 48.5 Å². The predicted octanol–water partition coefficient (Wildman–Crippen LogP) is 5.74. The first-order valence-corrected chi connectivity index (χ1v) is 13.1. The molecule has 0 radical (unpaired) electrons. The molecule has 1 saturated heterocycles. The van der Waals surface area contributed by atoms with Crippen LogP contribution in [0.4, 0.5) is 11.4 Å². The van der Waals surface area contributed by atoms with Crippen molar-refractivity contribution in [1.29, 1.82) is 0 Å². The van der Waals surface area contributed by atoms with E-state index in [2.05, 4.69) is 13.8 Å². The Kier molecular flexibility index (Phi) is 8.38. The van der Waals surface area contributed by atoms with Crippen molar-refractivity contribution in [3.63, 3.8) is 0 Å². The molecule has 0 spiro atoms. The summed E-state index contributed by atoms with van der Waals surface area (Å²) < 4.78 is 16.8. The minimum atomic E-state index is -0.901. The molecule has 3 aromatic carbocycles. The molecule has 3 aromatic rings. The van der Waals surface area contributed by atoms with Gasteiger partial charge in [-0.05, 0) is 78.6 Å². The summed E-state index contributed by atoms with van der Waals surface area (Å²) in [7, 11) is 6.90. The fraction of sp³-hybridized carbons (Fsp3) is 0.312. The molecule has 1 atom stereocenters. The Labute approximate surface area is 235 Å². The number of Topliss-reactive ketones (excluding diaryl/α,β-unsaturated/α-hetero) is 1. The highest BCUT2D eigenvalue weighted by molar-refractivity contribution is 6.51. The van der Waals surface area contributed by atoms with Crippen LogP contribution in [-0.4, -0.2) is 51.7 Å². The van der Waals surface area contributed by atoms with Crippen LogP contribution in [0, 0.1) is 12.8 Å². The number of nitrogens with zero attached hydrogens (tertiary/aromatic N) is 2. The van der Waals surface area contributed by atoms with Gasteiger partial charge in [-0.3, -0.25) is 14.5 Å². The summed E-state index contributed by atoms with van der Waals surface area (Å²) in [6.07, 6.45) is 0. The van der Waals surface area contributed by atoms with Crippen LogP contribution in [-0.2, 0) is 9.59 Å². The normalized spacial score (nSPS) is 16.4. The smallest absolute Gasteiger partial charge is 0.300 e. The highest BCUT2D eigenvalue weighted by Gasteiger charge is 2.47. The molecule has 1 unspecified atom stereocenters. The van der Waals surface area contributed by atoms with Crippen molar-refractivity contribution in [2.24, 2.45) is 5.92 Å². The zero-order valence-electron chi connectivity index (χ0n) is 24.0. The minimum Gasteiger partial charge on any atom is -0.507 e. The first-order valence-electron chi connectivity index (χ1n) is 13.1. The first-order chi connectivity index (χ1) is 19.1. The van der Waals surface area contributed by atoms with E-state index in [-0.39, 0.29) is 11.3 Å². The number of hydrogen-bond donors (Lipinski definition) is 1. The number of methoxy groups -OCH3 is 2. The third-order valence-electron chi connectivity index (χ3n) is 6.83. The molecule has 1 amide bonds. The number of amides is 1. The highest BCUT2D eigenvalue weighted by atomic mass is 16.5. The number of rotatable bonds is 9. The maximum absolute atomic E-state index is 13.6. The lowest BCUT2D eigenvalue weighted by molar-refractivity contribution is -0.132. The van der Waals surface area contributed by atoms with Crippen molar-refractivity contribution >= 4 is 28.8 Å². The van der Waals surface area contributed by atoms with Gasteiger partial charge >= 0.3 is 0 Å². The van der Waals surface area contributed by atoms with Crippen molar-refractivity contribution in [2.45, 2.75) is 26.8 Å². The quantitative estimate of drug-likeness (QED) is 0.209. The number of ketones is 1. The Balaban J connectivity index is 1.88. The van der Waals surface area contributed by atoms with E-state index in [1.807, 2.05) is 38.1 Å². The molecular weight excluding hydrogens is 508 g/mol. The fourth-order valence-corrected chi connectivity index (χ4v) is 4.72. The van der Waals surface area contributed by atoms with Crippen molar-refractivity contribution in [2.75, 3.05) is 44.7 Å². The molecule has 1 fully saturated rings. The second-order valence-electron chi connectivity index (χ2n) is 10.4. The number of carbonyl (C=O) groups is 2. The van der Waals surface area contributed by atoms with Crippen LogP contribution in [0.15, 0.2) is 66.2 Å². The second-order valence-corrected chi connectivity index (χ2v) is 10.4. The van der Waals surface area contributed by atoms with E-state index in [0.29, 0.717) is 46.6 Å². The zero-order valence-corrected chi connectivity index (χ0v) is 24.0. The van der Waals surface area contributed by atoms with E-state index in [4.69, 9.17) is 14.2 Å². The standard InChI is InChI=1S/C32H36N2O6/c1-19(2)18-40-25-14-9-22(16-20(25)3)30(35)28-29(21-8-15-26(38-6)27(17-21)39-7)34(32(37)31(28)36)24-12-10-23(11-13-24)33(4)5/h8-17,19,29,35H,18H2,1-7H3/b30-28-. The van der Waals surface area contributed by atoms with Crippen molar-refractivity contribution in [1.82, 2.24) is 0 Å². The molecule has 1 heterocycles. The van der Waals surface area contributed by atoms with E-state index < -0.39 is 17.7 Å². The van der Waals surface area contributed by atoms with Gasteiger partial charge in [0.1, 0.15) is 11.5 Å². The molecule has 4 rings (SSSR count). The summed E-state index contributed by atoms with van der Waals surface area (Å²) in [6.45, 7) is 6.57. The number of aliphatic hydroxyl groups excluding tert-OH is 1. The van der Waals surface area contributed by atoms with Crippen molar-refractivity contribution in [3.05, 3.63) is 82.9 Å².